The van der Waals surface area contributed by atoms with Crippen LogP contribution in [0.1, 0.15) is 5.56 Å². The molecule has 2 nitrogen and oxygen atoms in total. The van der Waals surface area contributed by atoms with Crippen molar-refractivity contribution in [1.82, 2.24) is 0 Å². The number of rotatable bonds is 1. The highest BCUT2D eigenvalue weighted by Crippen LogP contribution is 2.26. The predicted molar refractivity (Wildman–Crippen MR) is 56.2 cm³/mol. The largest absolute Gasteiger partial charge is 0.384 e. The van der Waals surface area contributed by atoms with Crippen LogP contribution in [0.2, 0.25) is 5.02 Å². The molecule has 0 saturated heterocycles. The van der Waals surface area contributed by atoms with Gasteiger partial charge in [0.2, 0.25) is 0 Å². The van der Waals surface area contributed by atoms with Gasteiger partial charge in [-0.25, -0.2) is 0 Å². The Labute approximate surface area is 83.1 Å². The molecular formula is C10H13ClN2. The predicted octanol–water partition coefficient (Wildman–Crippen LogP) is 1.88. The molecule has 1 atom stereocenters. The average Bonchev–Trinajstić information content (AvgIpc) is 2.16. The third-order valence-corrected chi connectivity index (χ3v) is 2.73. The lowest BCUT2D eigenvalue weighted by atomic mass is 9.94. The molecule has 0 amide bonds. The molecule has 0 aromatic heterocycles. The maximum absolute atomic E-state index is 5.91. The Morgan fingerprint density at radius 1 is 1.54 bits per heavy atom. The van der Waals surface area contributed by atoms with Gasteiger partial charge in [0.05, 0.1) is 0 Å². The van der Waals surface area contributed by atoms with Gasteiger partial charge in [-0.2, -0.15) is 0 Å². The zero-order valence-electron chi connectivity index (χ0n) is 7.39. The van der Waals surface area contributed by atoms with E-state index in [4.69, 9.17) is 17.3 Å². The van der Waals surface area contributed by atoms with Crippen molar-refractivity contribution in [3.8, 4) is 0 Å². The van der Waals surface area contributed by atoms with Gasteiger partial charge in [0, 0.05) is 17.3 Å². The summed E-state index contributed by atoms with van der Waals surface area (Å²) in [7, 11) is 0. The Hall–Kier alpha value is -0.730. The van der Waals surface area contributed by atoms with Crippen LogP contribution in [0.25, 0.3) is 0 Å². The van der Waals surface area contributed by atoms with E-state index in [-0.39, 0.29) is 0 Å². The highest BCUT2D eigenvalue weighted by Gasteiger charge is 2.16. The molecule has 0 bridgehead atoms. The first-order valence-corrected chi connectivity index (χ1v) is 4.90. The number of anilines is 1. The number of nitrogens with one attached hydrogen (secondary N) is 1. The number of halogens is 1. The zero-order valence-corrected chi connectivity index (χ0v) is 8.14. The minimum absolute atomic E-state index is 0.547. The fraction of sp³-hybridized carbons (Fsp3) is 0.400. The molecule has 0 fully saturated rings. The van der Waals surface area contributed by atoms with Crippen LogP contribution in [-0.4, -0.2) is 13.1 Å². The van der Waals surface area contributed by atoms with Gasteiger partial charge in [-0.05, 0) is 42.6 Å². The van der Waals surface area contributed by atoms with Gasteiger partial charge in [-0.15, -0.1) is 0 Å². The van der Waals surface area contributed by atoms with Crippen molar-refractivity contribution in [1.29, 1.82) is 0 Å². The van der Waals surface area contributed by atoms with E-state index in [1.807, 2.05) is 18.2 Å². The molecule has 3 heteroatoms. The van der Waals surface area contributed by atoms with Crippen LogP contribution in [0.15, 0.2) is 18.2 Å². The quantitative estimate of drug-likeness (QED) is 0.720. The number of hydrogen-bond acceptors (Lipinski definition) is 2. The average molecular weight is 197 g/mol. The molecule has 1 aliphatic heterocycles. The molecule has 70 valence electrons. The van der Waals surface area contributed by atoms with E-state index in [9.17, 15) is 0 Å². The minimum Gasteiger partial charge on any atom is -0.384 e. The maximum atomic E-state index is 5.91. The molecule has 1 aromatic rings. The summed E-state index contributed by atoms with van der Waals surface area (Å²) in [6.45, 7) is 1.71. The molecule has 2 rings (SSSR count). The van der Waals surface area contributed by atoms with Crippen LogP contribution in [0.4, 0.5) is 5.69 Å². The molecular weight excluding hydrogens is 184 g/mol. The first kappa shape index (κ1) is 8.85. The van der Waals surface area contributed by atoms with Crippen molar-refractivity contribution in [2.75, 3.05) is 18.4 Å². The van der Waals surface area contributed by atoms with E-state index in [0.29, 0.717) is 5.92 Å². The van der Waals surface area contributed by atoms with E-state index in [0.717, 1.165) is 24.5 Å². The standard InChI is InChI=1S/C10H13ClN2/c11-9-1-2-10-8(4-9)3-7(5-12)6-13-10/h1-2,4,7,13H,3,5-6,12H2. The zero-order chi connectivity index (χ0) is 9.26. The second-order valence-electron chi connectivity index (χ2n) is 3.49. The van der Waals surface area contributed by atoms with E-state index >= 15 is 0 Å². The summed E-state index contributed by atoms with van der Waals surface area (Å²) in [4.78, 5) is 0. The van der Waals surface area contributed by atoms with E-state index in [2.05, 4.69) is 5.32 Å². The molecule has 0 radical (unpaired) electrons. The van der Waals surface area contributed by atoms with Gasteiger partial charge in [0.1, 0.15) is 0 Å². The SMILES string of the molecule is NCC1CNc2ccc(Cl)cc2C1. The van der Waals surface area contributed by atoms with Crippen molar-refractivity contribution in [3.63, 3.8) is 0 Å². The van der Waals surface area contributed by atoms with Crippen LogP contribution in [-0.2, 0) is 6.42 Å². The van der Waals surface area contributed by atoms with Crippen LogP contribution < -0.4 is 11.1 Å². The molecule has 1 aromatic carbocycles. The summed E-state index contributed by atoms with van der Waals surface area (Å²) in [6, 6.07) is 5.96. The lowest BCUT2D eigenvalue weighted by Crippen LogP contribution is -2.29. The summed E-state index contributed by atoms with van der Waals surface area (Å²) in [5.74, 6) is 0.547. The number of fused-ring (bicyclic) bond motifs is 1. The van der Waals surface area contributed by atoms with Crippen LogP contribution in [0, 0.1) is 5.92 Å². The fourth-order valence-corrected chi connectivity index (χ4v) is 1.90. The first-order chi connectivity index (χ1) is 6.29. The van der Waals surface area contributed by atoms with E-state index in [1.165, 1.54) is 11.3 Å². The highest BCUT2D eigenvalue weighted by atomic mass is 35.5. The Kier molecular flexibility index (Phi) is 2.42. The summed E-state index contributed by atoms with van der Waals surface area (Å²) in [5.41, 5.74) is 8.11. The third kappa shape index (κ3) is 1.79. The second-order valence-corrected chi connectivity index (χ2v) is 3.92. The van der Waals surface area contributed by atoms with Gasteiger partial charge in [0.15, 0.2) is 0 Å². The van der Waals surface area contributed by atoms with Crippen LogP contribution in [0.3, 0.4) is 0 Å². The Bertz CT molecular complexity index is 312. The van der Waals surface area contributed by atoms with Crippen molar-refractivity contribution < 1.29 is 0 Å². The Morgan fingerprint density at radius 3 is 3.15 bits per heavy atom. The number of benzene rings is 1. The highest BCUT2D eigenvalue weighted by molar-refractivity contribution is 6.30. The summed E-state index contributed by atoms with van der Waals surface area (Å²) >= 11 is 5.91. The molecule has 0 aliphatic carbocycles. The smallest absolute Gasteiger partial charge is 0.0410 e. The molecule has 0 saturated carbocycles. The van der Waals surface area contributed by atoms with Gasteiger partial charge in [-0.3, -0.25) is 0 Å². The molecule has 1 unspecified atom stereocenters. The minimum atomic E-state index is 0.547. The Balaban J connectivity index is 2.27. The van der Waals surface area contributed by atoms with Crippen molar-refractivity contribution >= 4 is 17.3 Å². The summed E-state index contributed by atoms with van der Waals surface area (Å²) < 4.78 is 0. The molecule has 1 heterocycles. The van der Waals surface area contributed by atoms with Gasteiger partial charge < -0.3 is 11.1 Å². The normalized spacial score (nSPS) is 20.6. The van der Waals surface area contributed by atoms with Crippen LogP contribution in [0.5, 0.6) is 0 Å². The van der Waals surface area contributed by atoms with Crippen LogP contribution >= 0.6 is 11.6 Å². The maximum Gasteiger partial charge on any atom is 0.0410 e. The Morgan fingerprint density at radius 2 is 2.38 bits per heavy atom. The summed E-state index contributed by atoms with van der Waals surface area (Å²) in [5, 5.41) is 4.16. The van der Waals surface area contributed by atoms with E-state index < -0.39 is 0 Å². The topological polar surface area (TPSA) is 38.0 Å². The molecule has 3 N–H and O–H groups in total. The van der Waals surface area contributed by atoms with Gasteiger partial charge in [-0.1, -0.05) is 11.6 Å². The van der Waals surface area contributed by atoms with Crippen molar-refractivity contribution in [2.45, 2.75) is 6.42 Å². The van der Waals surface area contributed by atoms with Crippen molar-refractivity contribution in [2.24, 2.45) is 11.7 Å². The van der Waals surface area contributed by atoms with Gasteiger partial charge >= 0.3 is 0 Å². The van der Waals surface area contributed by atoms with E-state index in [1.54, 1.807) is 0 Å². The third-order valence-electron chi connectivity index (χ3n) is 2.49. The molecule has 1 aliphatic rings. The monoisotopic (exact) mass is 196 g/mol. The number of nitrogens with two attached hydrogens (primary N) is 1. The van der Waals surface area contributed by atoms with Gasteiger partial charge in [0.25, 0.3) is 0 Å². The second kappa shape index (κ2) is 3.56. The fourth-order valence-electron chi connectivity index (χ4n) is 1.71. The lowest BCUT2D eigenvalue weighted by Gasteiger charge is -2.25. The van der Waals surface area contributed by atoms with Crippen molar-refractivity contribution in [3.05, 3.63) is 28.8 Å². The number of hydrogen-bond donors (Lipinski definition) is 2. The molecule has 0 spiro atoms. The molecule has 13 heavy (non-hydrogen) atoms. The lowest BCUT2D eigenvalue weighted by molar-refractivity contribution is 0.550. The first-order valence-electron chi connectivity index (χ1n) is 4.52. The summed E-state index contributed by atoms with van der Waals surface area (Å²) in [6.07, 6.45) is 1.04.